The fourth-order valence-electron chi connectivity index (χ4n) is 2.24. The summed E-state index contributed by atoms with van der Waals surface area (Å²) >= 11 is 0. The molecule has 1 aliphatic heterocycles. The van der Waals surface area contributed by atoms with E-state index in [4.69, 9.17) is 9.47 Å². The molecule has 0 aromatic heterocycles. The number of amides is 1. The van der Waals surface area contributed by atoms with Crippen molar-refractivity contribution >= 4 is 11.6 Å². The van der Waals surface area contributed by atoms with Crippen molar-refractivity contribution in [2.75, 3.05) is 39.2 Å². The smallest absolute Gasteiger partial charge is 0.244 e. The standard InChI is InChI=1S/C15H22N2O3/c1-17-9-8-13(15(17)18)16-12-6-3-4-7-14(12)20-11-5-10-19-2/h3-4,6-7,13,16H,5,8-11H2,1-2H3/t13-/m0/s1. The van der Waals surface area contributed by atoms with Crippen LogP contribution in [0.15, 0.2) is 24.3 Å². The number of anilines is 1. The number of nitrogens with one attached hydrogen (secondary N) is 1. The SMILES string of the molecule is COCCCOc1ccccc1N[C@H]1CCN(C)C1=O. The van der Waals surface area contributed by atoms with Gasteiger partial charge in [0.05, 0.1) is 12.3 Å². The Morgan fingerprint density at radius 1 is 1.35 bits per heavy atom. The van der Waals surface area contributed by atoms with Crippen LogP contribution in [0.5, 0.6) is 5.75 Å². The molecule has 1 saturated heterocycles. The largest absolute Gasteiger partial charge is 0.491 e. The van der Waals surface area contributed by atoms with Crippen LogP contribution in [0.1, 0.15) is 12.8 Å². The molecule has 0 saturated carbocycles. The van der Waals surface area contributed by atoms with Crippen LogP contribution in [0.2, 0.25) is 0 Å². The van der Waals surface area contributed by atoms with Crippen molar-refractivity contribution in [3.05, 3.63) is 24.3 Å². The highest BCUT2D eigenvalue weighted by Crippen LogP contribution is 2.26. The number of rotatable bonds is 7. The van der Waals surface area contributed by atoms with Crippen LogP contribution in [-0.2, 0) is 9.53 Å². The van der Waals surface area contributed by atoms with Gasteiger partial charge in [-0.25, -0.2) is 0 Å². The molecule has 110 valence electrons. The van der Waals surface area contributed by atoms with Crippen LogP contribution in [0.4, 0.5) is 5.69 Å². The Morgan fingerprint density at radius 2 is 2.15 bits per heavy atom. The normalized spacial score (nSPS) is 18.4. The van der Waals surface area contributed by atoms with Gasteiger partial charge in [0.15, 0.2) is 0 Å². The van der Waals surface area contributed by atoms with E-state index in [0.29, 0.717) is 13.2 Å². The van der Waals surface area contributed by atoms with Crippen molar-refractivity contribution in [2.45, 2.75) is 18.9 Å². The number of carbonyl (C=O) groups is 1. The fraction of sp³-hybridized carbons (Fsp3) is 0.533. The van der Waals surface area contributed by atoms with Crippen molar-refractivity contribution in [1.82, 2.24) is 4.90 Å². The number of likely N-dealkylation sites (tertiary alicyclic amines) is 1. The van der Waals surface area contributed by atoms with Gasteiger partial charge in [0.2, 0.25) is 5.91 Å². The third-order valence-corrected chi connectivity index (χ3v) is 3.39. The van der Waals surface area contributed by atoms with E-state index in [-0.39, 0.29) is 11.9 Å². The molecule has 5 nitrogen and oxygen atoms in total. The van der Waals surface area contributed by atoms with Crippen LogP contribution >= 0.6 is 0 Å². The number of likely N-dealkylation sites (N-methyl/N-ethyl adjacent to an activating group) is 1. The number of methoxy groups -OCH3 is 1. The Labute approximate surface area is 119 Å². The van der Waals surface area contributed by atoms with Crippen LogP contribution in [-0.4, -0.2) is 50.8 Å². The molecule has 1 aromatic rings. The van der Waals surface area contributed by atoms with E-state index in [9.17, 15) is 4.79 Å². The van der Waals surface area contributed by atoms with Crippen molar-refractivity contribution in [3.8, 4) is 5.75 Å². The van der Waals surface area contributed by atoms with Crippen LogP contribution in [0.25, 0.3) is 0 Å². The lowest BCUT2D eigenvalue weighted by atomic mass is 10.2. The molecule has 1 aliphatic rings. The van der Waals surface area contributed by atoms with E-state index in [0.717, 1.165) is 30.8 Å². The maximum Gasteiger partial charge on any atom is 0.244 e. The Hall–Kier alpha value is -1.75. The number of carbonyl (C=O) groups excluding carboxylic acids is 1. The summed E-state index contributed by atoms with van der Waals surface area (Å²) in [7, 11) is 3.51. The van der Waals surface area contributed by atoms with Gasteiger partial charge in [0.1, 0.15) is 11.8 Å². The lowest BCUT2D eigenvalue weighted by molar-refractivity contribution is -0.127. The highest BCUT2D eigenvalue weighted by atomic mass is 16.5. The Bertz CT molecular complexity index is 450. The van der Waals surface area contributed by atoms with Crippen molar-refractivity contribution in [1.29, 1.82) is 0 Å². The zero-order valence-electron chi connectivity index (χ0n) is 12.1. The summed E-state index contributed by atoms with van der Waals surface area (Å²) in [5.74, 6) is 0.921. The predicted molar refractivity (Wildman–Crippen MR) is 78.1 cm³/mol. The maximum atomic E-state index is 11.9. The van der Waals surface area contributed by atoms with Gasteiger partial charge in [-0.1, -0.05) is 12.1 Å². The molecular weight excluding hydrogens is 256 g/mol. The lowest BCUT2D eigenvalue weighted by Crippen LogP contribution is -2.31. The first kappa shape index (κ1) is 14.7. The number of hydrogen-bond acceptors (Lipinski definition) is 4. The third-order valence-electron chi connectivity index (χ3n) is 3.39. The Kier molecular flexibility index (Phi) is 5.24. The fourth-order valence-corrected chi connectivity index (χ4v) is 2.24. The summed E-state index contributed by atoms with van der Waals surface area (Å²) in [4.78, 5) is 13.7. The molecule has 1 fully saturated rings. The third kappa shape index (κ3) is 3.63. The van der Waals surface area contributed by atoms with E-state index in [1.165, 1.54) is 0 Å². The van der Waals surface area contributed by atoms with Gasteiger partial charge < -0.3 is 19.7 Å². The number of benzene rings is 1. The second kappa shape index (κ2) is 7.14. The average molecular weight is 278 g/mol. The van der Waals surface area contributed by atoms with Gasteiger partial charge in [-0.2, -0.15) is 0 Å². The second-order valence-corrected chi connectivity index (χ2v) is 4.94. The van der Waals surface area contributed by atoms with Crippen molar-refractivity contribution < 1.29 is 14.3 Å². The molecule has 0 bridgehead atoms. The summed E-state index contributed by atoms with van der Waals surface area (Å²) in [6, 6.07) is 7.58. The zero-order chi connectivity index (χ0) is 14.4. The molecule has 20 heavy (non-hydrogen) atoms. The molecule has 0 aliphatic carbocycles. The Balaban J connectivity index is 1.95. The molecule has 1 atom stereocenters. The molecule has 1 N–H and O–H groups in total. The van der Waals surface area contributed by atoms with E-state index in [1.54, 1.807) is 12.0 Å². The molecule has 0 unspecified atom stereocenters. The highest BCUT2D eigenvalue weighted by molar-refractivity contribution is 5.86. The molecule has 2 rings (SSSR count). The van der Waals surface area contributed by atoms with Gasteiger partial charge in [0.25, 0.3) is 0 Å². The van der Waals surface area contributed by atoms with Gasteiger partial charge in [0, 0.05) is 33.7 Å². The summed E-state index contributed by atoms with van der Waals surface area (Å²) in [6.07, 6.45) is 1.67. The molecular formula is C15H22N2O3. The van der Waals surface area contributed by atoms with Crippen LogP contribution in [0.3, 0.4) is 0 Å². The minimum Gasteiger partial charge on any atom is -0.491 e. The van der Waals surface area contributed by atoms with Gasteiger partial charge >= 0.3 is 0 Å². The number of nitrogens with zero attached hydrogens (tertiary/aromatic N) is 1. The summed E-state index contributed by atoms with van der Waals surface area (Å²) in [6.45, 7) is 2.08. The van der Waals surface area contributed by atoms with Crippen molar-refractivity contribution in [3.63, 3.8) is 0 Å². The van der Waals surface area contributed by atoms with Gasteiger partial charge in [-0.05, 0) is 18.6 Å². The van der Waals surface area contributed by atoms with Crippen LogP contribution in [0, 0.1) is 0 Å². The van der Waals surface area contributed by atoms with Crippen molar-refractivity contribution in [2.24, 2.45) is 0 Å². The van der Waals surface area contributed by atoms with E-state index < -0.39 is 0 Å². The van der Waals surface area contributed by atoms with Crippen LogP contribution < -0.4 is 10.1 Å². The minimum absolute atomic E-state index is 0.138. The molecule has 0 spiro atoms. The quantitative estimate of drug-likeness (QED) is 0.772. The maximum absolute atomic E-state index is 11.9. The lowest BCUT2D eigenvalue weighted by Gasteiger charge is -2.17. The molecule has 0 radical (unpaired) electrons. The van der Waals surface area contributed by atoms with Gasteiger partial charge in [-0.15, -0.1) is 0 Å². The van der Waals surface area contributed by atoms with E-state index in [1.807, 2.05) is 31.3 Å². The minimum atomic E-state index is -0.149. The van der Waals surface area contributed by atoms with E-state index >= 15 is 0 Å². The highest BCUT2D eigenvalue weighted by Gasteiger charge is 2.29. The number of hydrogen-bond donors (Lipinski definition) is 1. The first-order valence-electron chi connectivity index (χ1n) is 6.94. The molecule has 1 heterocycles. The molecule has 1 amide bonds. The summed E-state index contributed by atoms with van der Waals surface area (Å²) in [5, 5.41) is 3.28. The monoisotopic (exact) mass is 278 g/mol. The number of ether oxygens (including phenoxy) is 2. The summed E-state index contributed by atoms with van der Waals surface area (Å²) in [5.41, 5.74) is 0.874. The molecule has 1 aromatic carbocycles. The first-order valence-corrected chi connectivity index (χ1v) is 6.94. The second-order valence-electron chi connectivity index (χ2n) is 4.94. The van der Waals surface area contributed by atoms with E-state index in [2.05, 4.69) is 5.32 Å². The topological polar surface area (TPSA) is 50.8 Å². The summed E-state index contributed by atoms with van der Waals surface area (Å²) < 4.78 is 10.7. The zero-order valence-corrected chi connectivity index (χ0v) is 12.1. The average Bonchev–Trinajstić information content (AvgIpc) is 2.77. The first-order chi connectivity index (χ1) is 9.72. The van der Waals surface area contributed by atoms with Gasteiger partial charge in [-0.3, -0.25) is 4.79 Å². The Morgan fingerprint density at radius 3 is 2.85 bits per heavy atom. The molecule has 5 heteroatoms. The number of para-hydroxylation sites is 2. The predicted octanol–water partition coefficient (Wildman–Crippen LogP) is 1.74.